The van der Waals surface area contributed by atoms with Gasteiger partial charge >= 0.3 is 0 Å². The van der Waals surface area contributed by atoms with Crippen molar-refractivity contribution in [2.75, 3.05) is 33.9 Å². The van der Waals surface area contributed by atoms with E-state index in [1.807, 2.05) is 0 Å². The SMILES string of the molecule is COc1ccc(S(=O)(=O)NCC(C)N2CCC(C)CC2)cc1OC. The van der Waals surface area contributed by atoms with Crippen molar-refractivity contribution in [3.05, 3.63) is 18.2 Å². The van der Waals surface area contributed by atoms with E-state index in [4.69, 9.17) is 9.47 Å². The van der Waals surface area contributed by atoms with Crippen LogP contribution in [0.2, 0.25) is 0 Å². The highest BCUT2D eigenvalue weighted by molar-refractivity contribution is 7.89. The van der Waals surface area contributed by atoms with Crippen LogP contribution < -0.4 is 14.2 Å². The molecule has 1 atom stereocenters. The molecule has 0 aromatic heterocycles. The standard InChI is InChI=1S/C17H28N2O4S/c1-13-7-9-19(10-8-13)14(2)12-18-24(20,21)15-5-6-16(22-3)17(11-15)23-4/h5-6,11,13-14,18H,7-10,12H2,1-4H3. The Labute approximate surface area is 145 Å². The number of likely N-dealkylation sites (tertiary alicyclic amines) is 1. The smallest absolute Gasteiger partial charge is 0.240 e. The molecule has 0 radical (unpaired) electrons. The number of hydrogen-bond acceptors (Lipinski definition) is 5. The largest absolute Gasteiger partial charge is 0.493 e. The number of rotatable bonds is 7. The van der Waals surface area contributed by atoms with Gasteiger partial charge in [0, 0.05) is 18.7 Å². The lowest BCUT2D eigenvalue weighted by atomic mass is 9.98. The number of nitrogens with zero attached hydrogens (tertiary/aromatic N) is 1. The predicted molar refractivity (Wildman–Crippen MR) is 94.2 cm³/mol. The molecule has 24 heavy (non-hydrogen) atoms. The van der Waals surface area contributed by atoms with Crippen LogP contribution in [-0.2, 0) is 10.0 Å². The minimum atomic E-state index is -3.57. The zero-order valence-corrected chi connectivity index (χ0v) is 15.7. The van der Waals surface area contributed by atoms with Crippen molar-refractivity contribution in [3.63, 3.8) is 0 Å². The van der Waals surface area contributed by atoms with Crippen molar-refractivity contribution in [1.29, 1.82) is 0 Å². The average molecular weight is 356 g/mol. The molecular weight excluding hydrogens is 328 g/mol. The number of sulfonamides is 1. The van der Waals surface area contributed by atoms with Gasteiger partial charge in [0.2, 0.25) is 10.0 Å². The van der Waals surface area contributed by atoms with Crippen LogP contribution in [0.15, 0.2) is 23.1 Å². The Hall–Kier alpha value is -1.31. The molecule has 1 aliphatic rings. The van der Waals surface area contributed by atoms with Crippen LogP contribution in [0.25, 0.3) is 0 Å². The molecular formula is C17H28N2O4S. The second-order valence-corrected chi connectivity index (χ2v) is 8.20. The first-order valence-corrected chi connectivity index (χ1v) is 9.81. The maximum absolute atomic E-state index is 12.5. The molecule has 0 aliphatic carbocycles. The number of methoxy groups -OCH3 is 2. The molecule has 1 unspecified atom stereocenters. The van der Waals surface area contributed by atoms with Crippen molar-refractivity contribution in [2.24, 2.45) is 5.92 Å². The van der Waals surface area contributed by atoms with Crippen LogP contribution >= 0.6 is 0 Å². The van der Waals surface area contributed by atoms with Gasteiger partial charge in [-0.3, -0.25) is 4.90 Å². The number of ether oxygens (including phenoxy) is 2. The topological polar surface area (TPSA) is 67.9 Å². The fraction of sp³-hybridized carbons (Fsp3) is 0.647. The minimum absolute atomic E-state index is 0.174. The van der Waals surface area contributed by atoms with E-state index in [1.165, 1.54) is 39.2 Å². The second kappa shape index (κ2) is 8.18. The average Bonchev–Trinajstić information content (AvgIpc) is 2.59. The highest BCUT2D eigenvalue weighted by Crippen LogP contribution is 2.29. The third-order valence-corrected chi connectivity index (χ3v) is 6.10. The molecule has 1 fully saturated rings. The highest BCUT2D eigenvalue weighted by Gasteiger charge is 2.23. The first kappa shape index (κ1) is 19.0. The van der Waals surface area contributed by atoms with Crippen molar-refractivity contribution >= 4 is 10.0 Å². The Balaban J connectivity index is 2.00. The molecule has 136 valence electrons. The van der Waals surface area contributed by atoms with Crippen LogP contribution in [0.3, 0.4) is 0 Å². The molecule has 0 saturated carbocycles. The third-order valence-electron chi connectivity index (χ3n) is 4.68. The summed E-state index contributed by atoms with van der Waals surface area (Å²) in [5.74, 6) is 1.67. The van der Waals surface area contributed by atoms with Crippen molar-refractivity contribution in [3.8, 4) is 11.5 Å². The van der Waals surface area contributed by atoms with E-state index < -0.39 is 10.0 Å². The fourth-order valence-electron chi connectivity index (χ4n) is 2.90. The normalized spacial score (nSPS) is 18.3. The Morgan fingerprint density at radius 1 is 1.21 bits per heavy atom. The van der Waals surface area contributed by atoms with Crippen LogP contribution in [0.1, 0.15) is 26.7 Å². The molecule has 1 heterocycles. The van der Waals surface area contributed by atoms with Gasteiger partial charge in [0.25, 0.3) is 0 Å². The van der Waals surface area contributed by atoms with Gasteiger partial charge in [-0.2, -0.15) is 0 Å². The summed E-state index contributed by atoms with van der Waals surface area (Å²) in [4.78, 5) is 2.52. The van der Waals surface area contributed by atoms with Gasteiger partial charge in [-0.15, -0.1) is 0 Å². The molecule has 0 amide bonds. The minimum Gasteiger partial charge on any atom is -0.493 e. The summed E-state index contributed by atoms with van der Waals surface area (Å²) < 4.78 is 38.1. The summed E-state index contributed by atoms with van der Waals surface area (Å²) in [7, 11) is -0.568. The molecule has 2 rings (SSSR count). The zero-order valence-electron chi connectivity index (χ0n) is 14.9. The van der Waals surface area contributed by atoms with Crippen molar-refractivity contribution in [2.45, 2.75) is 37.6 Å². The first-order chi connectivity index (χ1) is 11.4. The summed E-state index contributed by atoms with van der Waals surface area (Å²) in [5.41, 5.74) is 0. The number of hydrogen-bond donors (Lipinski definition) is 1. The first-order valence-electron chi connectivity index (χ1n) is 8.33. The predicted octanol–water partition coefficient (Wildman–Crippen LogP) is 2.10. The molecule has 6 nitrogen and oxygen atoms in total. The van der Waals surface area contributed by atoms with E-state index >= 15 is 0 Å². The van der Waals surface area contributed by atoms with Crippen LogP contribution in [0.4, 0.5) is 0 Å². The number of piperidine rings is 1. The van der Waals surface area contributed by atoms with E-state index in [-0.39, 0.29) is 10.9 Å². The molecule has 1 aliphatic heterocycles. The number of benzene rings is 1. The zero-order chi connectivity index (χ0) is 17.7. The molecule has 7 heteroatoms. The fourth-order valence-corrected chi connectivity index (χ4v) is 4.03. The third kappa shape index (κ3) is 4.62. The molecule has 1 N–H and O–H groups in total. The monoisotopic (exact) mass is 356 g/mol. The van der Waals surface area contributed by atoms with Gasteiger partial charge in [0.05, 0.1) is 19.1 Å². The molecule has 1 aromatic rings. The van der Waals surface area contributed by atoms with Gasteiger partial charge in [-0.25, -0.2) is 13.1 Å². The van der Waals surface area contributed by atoms with Gasteiger partial charge in [-0.1, -0.05) is 6.92 Å². The molecule has 0 spiro atoms. The summed E-state index contributed by atoms with van der Waals surface area (Å²) in [6.45, 7) is 6.78. The second-order valence-electron chi connectivity index (χ2n) is 6.44. The van der Waals surface area contributed by atoms with Gasteiger partial charge in [-0.05, 0) is 50.9 Å². The van der Waals surface area contributed by atoms with Crippen LogP contribution in [0, 0.1) is 5.92 Å². The van der Waals surface area contributed by atoms with Gasteiger partial charge in [0.15, 0.2) is 11.5 Å². The Morgan fingerprint density at radius 2 is 1.83 bits per heavy atom. The maximum atomic E-state index is 12.5. The lowest BCUT2D eigenvalue weighted by Gasteiger charge is -2.34. The molecule has 1 saturated heterocycles. The Kier molecular flexibility index (Phi) is 6.48. The summed E-state index contributed by atoms with van der Waals surface area (Å²) >= 11 is 0. The van der Waals surface area contributed by atoms with Crippen molar-refractivity contribution < 1.29 is 17.9 Å². The number of nitrogens with one attached hydrogen (secondary N) is 1. The Bertz CT molecular complexity index is 640. The quantitative estimate of drug-likeness (QED) is 0.810. The van der Waals surface area contributed by atoms with E-state index in [1.54, 1.807) is 6.07 Å². The van der Waals surface area contributed by atoms with Gasteiger partial charge in [0.1, 0.15) is 0 Å². The van der Waals surface area contributed by atoms with Crippen LogP contribution in [0.5, 0.6) is 11.5 Å². The highest BCUT2D eigenvalue weighted by atomic mass is 32.2. The van der Waals surface area contributed by atoms with Gasteiger partial charge < -0.3 is 9.47 Å². The van der Waals surface area contributed by atoms with E-state index in [0.29, 0.717) is 18.0 Å². The summed E-state index contributed by atoms with van der Waals surface area (Å²) in [5, 5.41) is 0. The summed E-state index contributed by atoms with van der Waals surface area (Å²) in [6.07, 6.45) is 2.35. The summed E-state index contributed by atoms with van der Waals surface area (Å²) in [6, 6.07) is 4.78. The van der Waals surface area contributed by atoms with Crippen LogP contribution in [-0.4, -0.2) is 53.2 Å². The molecule has 1 aromatic carbocycles. The van der Waals surface area contributed by atoms with Crippen molar-refractivity contribution in [1.82, 2.24) is 9.62 Å². The lowest BCUT2D eigenvalue weighted by Crippen LogP contribution is -2.45. The lowest BCUT2D eigenvalue weighted by molar-refractivity contribution is 0.148. The van der Waals surface area contributed by atoms with E-state index in [2.05, 4.69) is 23.5 Å². The van der Waals surface area contributed by atoms with E-state index in [9.17, 15) is 8.42 Å². The van der Waals surface area contributed by atoms with E-state index in [0.717, 1.165) is 19.0 Å². The molecule has 0 bridgehead atoms. The Morgan fingerprint density at radius 3 is 2.42 bits per heavy atom. The maximum Gasteiger partial charge on any atom is 0.240 e.